The van der Waals surface area contributed by atoms with Crippen LogP contribution in [-0.4, -0.2) is 65.6 Å². The Morgan fingerprint density at radius 1 is 0.972 bits per heavy atom. The fraction of sp³-hybridized carbons (Fsp3) is 0.846. The topological polar surface area (TPSA) is 148 Å². The van der Waals surface area contributed by atoms with Gasteiger partial charge in [-0.1, -0.05) is 44.8 Å². The van der Waals surface area contributed by atoms with Crippen LogP contribution in [0.25, 0.3) is 0 Å². The lowest BCUT2D eigenvalue weighted by molar-refractivity contribution is -0.758. The highest BCUT2D eigenvalue weighted by Crippen LogP contribution is 2.38. The molecule has 1 amide bonds. The summed E-state index contributed by atoms with van der Waals surface area (Å²) in [4.78, 5) is 38.2. The Labute approximate surface area is 214 Å². The molecule has 0 spiro atoms. The standard InChI is InChI=1S/C26H46N2O8/c1-2-3-4-5-8-11-21(29)14-15-23-22(24(30)20-25(23)31)12-9-6-7-10-13-26(32)27-16-17-35-18-19-36-28(33)34/h6,9,22-25,30-31H,2-5,7-8,10-20H2,1H3,(H,27,32)/t22-,23-,24+,25-/m1/s1. The van der Waals surface area contributed by atoms with Crippen molar-refractivity contribution in [3.8, 4) is 0 Å². The number of hydrogen-bond donors (Lipinski definition) is 3. The highest BCUT2D eigenvalue weighted by atomic mass is 17.0. The van der Waals surface area contributed by atoms with Crippen molar-refractivity contribution in [1.82, 2.24) is 5.32 Å². The molecule has 0 bridgehead atoms. The smallest absolute Gasteiger partial charge is 0.294 e. The van der Waals surface area contributed by atoms with Gasteiger partial charge in [0.25, 0.3) is 5.09 Å². The zero-order valence-corrected chi connectivity index (χ0v) is 21.8. The van der Waals surface area contributed by atoms with Gasteiger partial charge >= 0.3 is 0 Å². The summed E-state index contributed by atoms with van der Waals surface area (Å²) in [5, 5.41) is 32.6. The molecule has 0 aromatic carbocycles. The van der Waals surface area contributed by atoms with Crippen LogP contribution in [-0.2, 0) is 19.2 Å². The maximum atomic E-state index is 12.2. The number of ketones is 1. The number of unbranched alkanes of at least 4 members (excludes halogenated alkanes) is 5. The summed E-state index contributed by atoms with van der Waals surface area (Å²) in [6.45, 7) is 2.71. The van der Waals surface area contributed by atoms with Gasteiger partial charge in [0.2, 0.25) is 5.91 Å². The number of ether oxygens (including phenoxy) is 1. The molecule has 0 saturated heterocycles. The SMILES string of the molecule is CCCCCCCC(=O)CC[C@@H]1[C@@H](CC=CCCCC(=O)NCCOCCO[N+](=O)[O-])[C@@H](O)C[C@H]1O. The minimum Gasteiger partial charge on any atom is -0.393 e. The quantitative estimate of drug-likeness (QED) is 0.0860. The molecule has 0 aliphatic heterocycles. The number of carbonyl (C=O) groups is 2. The second-order valence-electron chi connectivity index (χ2n) is 9.56. The van der Waals surface area contributed by atoms with Crippen molar-refractivity contribution >= 4 is 11.7 Å². The summed E-state index contributed by atoms with van der Waals surface area (Å²) in [7, 11) is 0. The molecule has 3 N–H and O–H groups in total. The van der Waals surface area contributed by atoms with Gasteiger partial charge in [0.1, 0.15) is 12.4 Å². The molecule has 1 saturated carbocycles. The zero-order chi connectivity index (χ0) is 26.6. The lowest BCUT2D eigenvalue weighted by Crippen LogP contribution is -2.27. The summed E-state index contributed by atoms with van der Waals surface area (Å²) < 4.78 is 5.11. The Bertz CT molecular complexity index is 658. The van der Waals surface area contributed by atoms with E-state index in [-0.39, 0.29) is 43.3 Å². The molecule has 1 aliphatic carbocycles. The van der Waals surface area contributed by atoms with E-state index in [0.717, 1.165) is 19.3 Å². The molecule has 208 valence electrons. The molecule has 0 heterocycles. The van der Waals surface area contributed by atoms with E-state index in [1.807, 2.05) is 12.2 Å². The predicted octanol–water partition coefficient (Wildman–Crippen LogP) is 3.51. The van der Waals surface area contributed by atoms with Gasteiger partial charge in [-0.3, -0.25) is 9.59 Å². The molecular weight excluding hydrogens is 468 g/mol. The van der Waals surface area contributed by atoms with E-state index < -0.39 is 17.3 Å². The van der Waals surface area contributed by atoms with E-state index in [1.165, 1.54) is 19.3 Å². The van der Waals surface area contributed by atoms with E-state index in [1.54, 1.807) is 0 Å². The van der Waals surface area contributed by atoms with Crippen molar-refractivity contribution in [1.29, 1.82) is 0 Å². The van der Waals surface area contributed by atoms with Crippen molar-refractivity contribution in [2.45, 2.75) is 103 Å². The third-order valence-corrected chi connectivity index (χ3v) is 6.68. The number of allylic oxidation sites excluding steroid dienone is 2. The molecule has 0 radical (unpaired) electrons. The van der Waals surface area contributed by atoms with Crippen LogP contribution in [0.2, 0.25) is 0 Å². The number of rotatable bonds is 22. The highest BCUT2D eigenvalue weighted by molar-refractivity contribution is 5.78. The summed E-state index contributed by atoms with van der Waals surface area (Å²) in [6.07, 6.45) is 13.0. The summed E-state index contributed by atoms with van der Waals surface area (Å²) in [5.41, 5.74) is 0. The number of amides is 1. The molecule has 0 unspecified atom stereocenters. The largest absolute Gasteiger partial charge is 0.393 e. The van der Waals surface area contributed by atoms with E-state index >= 15 is 0 Å². The number of aliphatic hydroxyl groups excluding tert-OH is 2. The number of carbonyl (C=O) groups excluding carboxylic acids is 2. The van der Waals surface area contributed by atoms with Crippen LogP contribution in [0.5, 0.6) is 0 Å². The van der Waals surface area contributed by atoms with Gasteiger partial charge in [-0.15, -0.1) is 10.1 Å². The van der Waals surface area contributed by atoms with Crippen molar-refractivity contribution in [3.05, 3.63) is 22.3 Å². The monoisotopic (exact) mass is 514 g/mol. The van der Waals surface area contributed by atoms with Crippen LogP contribution < -0.4 is 5.32 Å². The van der Waals surface area contributed by atoms with Crippen LogP contribution in [0.3, 0.4) is 0 Å². The van der Waals surface area contributed by atoms with E-state index in [4.69, 9.17) is 4.74 Å². The van der Waals surface area contributed by atoms with Crippen LogP contribution in [0, 0.1) is 22.0 Å². The first kappa shape index (κ1) is 32.0. The van der Waals surface area contributed by atoms with E-state index in [9.17, 15) is 29.9 Å². The fourth-order valence-electron chi connectivity index (χ4n) is 4.66. The van der Waals surface area contributed by atoms with E-state index in [0.29, 0.717) is 51.5 Å². The molecule has 1 aliphatic rings. The molecular formula is C26H46N2O8. The first-order valence-corrected chi connectivity index (χ1v) is 13.5. The zero-order valence-electron chi connectivity index (χ0n) is 21.8. The Kier molecular flexibility index (Phi) is 17.8. The number of nitrogens with one attached hydrogen (secondary N) is 1. The van der Waals surface area contributed by atoms with Crippen molar-refractivity contribution in [3.63, 3.8) is 0 Å². The van der Waals surface area contributed by atoms with Gasteiger partial charge in [0.05, 0.1) is 25.4 Å². The number of nitrogens with zero attached hydrogens (tertiary/aromatic N) is 1. The average molecular weight is 515 g/mol. The Balaban J connectivity index is 2.17. The summed E-state index contributed by atoms with van der Waals surface area (Å²) in [6, 6.07) is 0. The van der Waals surface area contributed by atoms with Gasteiger partial charge < -0.3 is 25.1 Å². The minimum atomic E-state index is -0.878. The van der Waals surface area contributed by atoms with Crippen LogP contribution in [0.1, 0.15) is 90.4 Å². The average Bonchev–Trinajstić information content (AvgIpc) is 3.10. The summed E-state index contributed by atoms with van der Waals surface area (Å²) in [5.74, 6) is 0.0569. The predicted molar refractivity (Wildman–Crippen MR) is 136 cm³/mol. The number of Topliss-reactive ketones (excluding diaryl/α,β-unsaturated/α-hetero) is 1. The van der Waals surface area contributed by atoms with Crippen molar-refractivity contribution < 1.29 is 34.5 Å². The first-order valence-electron chi connectivity index (χ1n) is 13.5. The normalized spacial score (nSPS) is 21.6. The fourth-order valence-corrected chi connectivity index (χ4v) is 4.66. The minimum absolute atomic E-state index is 0.0485. The highest BCUT2D eigenvalue weighted by Gasteiger charge is 2.40. The second-order valence-corrected chi connectivity index (χ2v) is 9.56. The molecule has 1 fully saturated rings. The number of aliphatic hydroxyl groups is 2. The maximum absolute atomic E-state index is 12.2. The summed E-state index contributed by atoms with van der Waals surface area (Å²) >= 11 is 0. The van der Waals surface area contributed by atoms with E-state index in [2.05, 4.69) is 17.1 Å². The lowest BCUT2D eigenvalue weighted by Gasteiger charge is -2.22. The molecule has 10 heteroatoms. The van der Waals surface area contributed by atoms with Crippen LogP contribution in [0.15, 0.2) is 12.2 Å². The Hall–Kier alpha value is -2.04. The Morgan fingerprint density at radius 3 is 2.47 bits per heavy atom. The van der Waals surface area contributed by atoms with Gasteiger partial charge in [-0.2, -0.15) is 0 Å². The molecule has 1 rings (SSSR count). The van der Waals surface area contributed by atoms with Gasteiger partial charge in [-0.05, 0) is 50.4 Å². The van der Waals surface area contributed by atoms with Gasteiger partial charge in [0.15, 0.2) is 0 Å². The van der Waals surface area contributed by atoms with Crippen LogP contribution in [0.4, 0.5) is 0 Å². The molecule has 10 nitrogen and oxygen atoms in total. The van der Waals surface area contributed by atoms with Crippen molar-refractivity contribution in [2.24, 2.45) is 11.8 Å². The molecule has 0 aromatic rings. The maximum Gasteiger partial charge on any atom is 0.294 e. The molecule has 0 aromatic heterocycles. The van der Waals surface area contributed by atoms with Crippen LogP contribution >= 0.6 is 0 Å². The molecule has 36 heavy (non-hydrogen) atoms. The Morgan fingerprint density at radius 2 is 1.72 bits per heavy atom. The third-order valence-electron chi connectivity index (χ3n) is 6.68. The van der Waals surface area contributed by atoms with Crippen molar-refractivity contribution in [2.75, 3.05) is 26.4 Å². The second kappa shape index (κ2) is 20.1. The lowest BCUT2D eigenvalue weighted by atomic mass is 9.86. The first-order chi connectivity index (χ1) is 17.3. The molecule has 4 atom stereocenters. The number of hydrogen-bond acceptors (Lipinski definition) is 8. The third kappa shape index (κ3) is 15.2. The van der Waals surface area contributed by atoms with Gasteiger partial charge in [-0.25, -0.2) is 0 Å². The van der Waals surface area contributed by atoms with Gasteiger partial charge in [0, 0.05) is 25.8 Å².